The van der Waals surface area contributed by atoms with Gasteiger partial charge in [-0.15, -0.1) is 0 Å². The number of carbonyl (C=O) groups excluding carboxylic acids is 2. The molecule has 40 heavy (non-hydrogen) atoms. The Morgan fingerprint density at radius 1 is 0.825 bits per heavy atom. The minimum atomic E-state index is -4.07. The number of benzene rings is 3. The quantitative estimate of drug-likeness (QED) is 0.299. The maximum absolute atomic E-state index is 14.1. The van der Waals surface area contributed by atoms with E-state index in [9.17, 15) is 18.0 Å². The third kappa shape index (κ3) is 7.72. The molecule has 0 aromatic heterocycles. The van der Waals surface area contributed by atoms with Crippen LogP contribution in [-0.2, 0) is 32.6 Å². The molecular formula is C32H41N3O4S. The second kappa shape index (κ2) is 14.1. The lowest BCUT2D eigenvalue weighted by Gasteiger charge is -2.33. The van der Waals surface area contributed by atoms with Crippen LogP contribution in [0.5, 0.6) is 0 Å². The van der Waals surface area contributed by atoms with Crippen molar-refractivity contribution in [3.8, 4) is 0 Å². The number of hydrogen-bond donors (Lipinski definition) is 1. The van der Waals surface area contributed by atoms with Crippen LogP contribution in [0, 0.1) is 6.92 Å². The number of rotatable bonds is 13. The Balaban J connectivity index is 2.04. The summed E-state index contributed by atoms with van der Waals surface area (Å²) in [7, 11) is -4.07. The maximum Gasteiger partial charge on any atom is 0.264 e. The van der Waals surface area contributed by atoms with Crippen LogP contribution >= 0.6 is 0 Å². The van der Waals surface area contributed by atoms with Crippen LogP contribution in [0.4, 0.5) is 5.69 Å². The highest BCUT2D eigenvalue weighted by Crippen LogP contribution is 2.25. The van der Waals surface area contributed by atoms with Crippen LogP contribution in [0.3, 0.4) is 0 Å². The van der Waals surface area contributed by atoms with Gasteiger partial charge >= 0.3 is 0 Å². The first-order chi connectivity index (χ1) is 19.1. The molecule has 0 heterocycles. The smallest absolute Gasteiger partial charge is 0.264 e. The van der Waals surface area contributed by atoms with E-state index in [2.05, 4.69) is 5.32 Å². The van der Waals surface area contributed by atoms with Crippen molar-refractivity contribution >= 4 is 27.5 Å². The first kappa shape index (κ1) is 30.9. The van der Waals surface area contributed by atoms with Gasteiger partial charge in [0.15, 0.2) is 0 Å². The second-order valence-corrected chi connectivity index (χ2v) is 12.0. The molecule has 0 spiro atoms. The summed E-state index contributed by atoms with van der Waals surface area (Å²) in [5.41, 5.74) is 3.39. The summed E-state index contributed by atoms with van der Waals surface area (Å²) in [5, 5.41) is 3.00. The zero-order valence-electron chi connectivity index (χ0n) is 24.1. The van der Waals surface area contributed by atoms with Crippen LogP contribution < -0.4 is 9.62 Å². The van der Waals surface area contributed by atoms with Gasteiger partial charge in [0.05, 0.1) is 10.6 Å². The molecule has 0 aliphatic rings. The molecule has 0 saturated carbocycles. The lowest BCUT2D eigenvalue weighted by Crippen LogP contribution is -2.53. The molecule has 0 aliphatic heterocycles. The third-order valence-corrected chi connectivity index (χ3v) is 8.89. The Morgan fingerprint density at radius 2 is 1.43 bits per heavy atom. The van der Waals surface area contributed by atoms with Gasteiger partial charge in [0.25, 0.3) is 10.0 Å². The zero-order chi connectivity index (χ0) is 29.3. The molecule has 8 heteroatoms. The molecule has 0 aliphatic carbocycles. The van der Waals surface area contributed by atoms with Crippen molar-refractivity contribution in [2.75, 3.05) is 10.8 Å². The lowest BCUT2D eigenvalue weighted by atomic mass is 10.1. The highest BCUT2D eigenvalue weighted by atomic mass is 32.2. The van der Waals surface area contributed by atoms with Crippen molar-refractivity contribution in [1.82, 2.24) is 10.2 Å². The molecule has 3 aromatic rings. The Bertz CT molecular complexity index is 1360. The minimum absolute atomic E-state index is 0.0510. The molecule has 3 rings (SSSR count). The molecule has 0 radical (unpaired) electrons. The number of nitrogens with zero attached hydrogens (tertiary/aromatic N) is 2. The number of anilines is 1. The highest BCUT2D eigenvalue weighted by Gasteiger charge is 2.33. The molecule has 214 valence electrons. The van der Waals surface area contributed by atoms with Gasteiger partial charge in [0, 0.05) is 12.6 Å². The monoisotopic (exact) mass is 563 g/mol. The summed E-state index contributed by atoms with van der Waals surface area (Å²) in [6, 6.07) is 22.2. The van der Waals surface area contributed by atoms with Crippen molar-refractivity contribution < 1.29 is 18.0 Å². The number of hydrogen-bond acceptors (Lipinski definition) is 4. The highest BCUT2D eigenvalue weighted by molar-refractivity contribution is 7.92. The van der Waals surface area contributed by atoms with Crippen LogP contribution in [0.1, 0.15) is 57.2 Å². The SMILES string of the molecule is CCc1ccc(N(CC(=O)N(Cc2ccc(C)cc2)[C@H](CC)C(=O)N[C@@H](C)CC)S(=O)(=O)c2ccccc2)cc1. The topological polar surface area (TPSA) is 86.8 Å². The average Bonchev–Trinajstić information content (AvgIpc) is 2.97. The number of amides is 2. The summed E-state index contributed by atoms with van der Waals surface area (Å²) < 4.78 is 28.9. The van der Waals surface area contributed by atoms with E-state index < -0.39 is 28.5 Å². The van der Waals surface area contributed by atoms with Crippen LogP contribution in [-0.4, -0.2) is 43.8 Å². The van der Waals surface area contributed by atoms with Crippen LogP contribution in [0.15, 0.2) is 83.8 Å². The minimum Gasteiger partial charge on any atom is -0.352 e. The molecule has 0 fully saturated rings. The zero-order valence-corrected chi connectivity index (χ0v) is 24.9. The number of nitrogens with one attached hydrogen (secondary N) is 1. The van der Waals surface area contributed by atoms with Gasteiger partial charge in [-0.05, 0) is 68.5 Å². The fourth-order valence-corrected chi connectivity index (χ4v) is 5.83. The van der Waals surface area contributed by atoms with E-state index in [0.29, 0.717) is 12.1 Å². The lowest BCUT2D eigenvalue weighted by molar-refractivity contribution is -0.140. The van der Waals surface area contributed by atoms with Gasteiger partial charge in [-0.2, -0.15) is 0 Å². The number of carbonyl (C=O) groups is 2. The van der Waals surface area contributed by atoms with E-state index in [0.717, 1.165) is 33.8 Å². The molecule has 0 bridgehead atoms. The molecule has 0 unspecified atom stereocenters. The van der Waals surface area contributed by atoms with Crippen molar-refractivity contribution in [3.63, 3.8) is 0 Å². The van der Waals surface area contributed by atoms with Gasteiger partial charge in [0.2, 0.25) is 11.8 Å². The molecule has 3 aromatic carbocycles. The molecule has 7 nitrogen and oxygen atoms in total. The summed E-state index contributed by atoms with van der Waals surface area (Å²) in [6.07, 6.45) is 1.94. The van der Waals surface area contributed by atoms with E-state index in [1.165, 1.54) is 17.0 Å². The normalized spacial score (nSPS) is 12.8. The van der Waals surface area contributed by atoms with Gasteiger partial charge in [-0.25, -0.2) is 8.42 Å². The van der Waals surface area contributed by atoms with Gasteiger partial charge in [0.1, 0.15) is 12.6 Å². The van der Waals surface area contributed by atoms with Crippen molar-refractivity contribution in [2.24, 2.45) is 0 Å². The van der Waals surface area contributed by atoms with Crippen molar-refractivity contribution in [3.05, 3.63) is 95.6 Å². The molecule has 2 atom stereocenters. The number of sulfonamides is 1. The van der Waals surface area contributed by atoms with E-state index in [4.69, 9.17) is 0 Å². The molecule has 0 saturated heterocycles. The van der Waals surface area contributed by atoms with E-state index in [1.54, 1.807) is 30.3 Å². The first-order valence-corrected chi connectivity index (χ1v) is 15.4. The third-order valence-electron chi connectivity index (χ3n) is 7.10. The summed E-state index contributed by atoms with van der Waals surface area (Å²) in [5.74, 6) is -0.701. The second-order valence-electron chi connectivity index (χ2n) is 10.1. The molecular weight excluding hydrogens is 522 g/mol. The largest absolute Gasteiger partial charge is 0.352 e. The predicted molar refractivity (Wildman–Crippen MR) is 160 cm³/mol. The Morgan fingerprint density at radius 3 is 1.98 bits per heavy atom. The Labute approximate surface area is 239 Å². The molecule has 2 amide bonds. The summed E-state index contributed by atoms with van der Waals surface area (Å²) in [6.45, 7) is 9.51. The van der Waals surface area contributed by atoms with Crippen LogP contribution in [0.2, 0.25) is 0 Å². The van der Waals surface area contributed by atoms with Crippen molar-refractivity contribution in [1.29, 1.82) is 0 Å². The Hall–Kier alpha value is -3.65. The van der Waals surface area contributed by atoms with Crippen LogP contribution in [0.25, 0.3) is 0 Å². The fourth-order valence-electron chi connectivity index (χ4n) is 4.40. The standard InChI is InChI=1S/C32H41N3O4S/c1-6-25(5)33-32(37)30(8-3)34(22-27-16-14-24(4)15-17-27)31(36)23-35(28-20-18-26(7-2)19-21-28)40(38,39)29-12-10-9-11-13-29/h9-21,25,30H,6-8,22-23H2,1-5H3,(H,33,37)/t25-,30+/m0/s1. The van der Waals surface area contributed by atoms with Gasteiger partial charge < -0.3 is 10.2 Å². The maximum atomic E-state index is 14.1. The van der Waals surface area contributed by atoms with Crippen molar-refractivity contribution in [2.45, 2.75) is 77.4 Å². The number of aryl methyl sites for hydroxylation is 2. The summed E-state index contributed by atoms with van der Waals surface area (Å²) >= 11 is 0. The predicted octanol–water partition coefficient (Wildman–Crippen LogP) is 5.47. The van der Waals surface area contributed by atoms with E-state index in [1.807, 2.05) is 71.0 Å². The van der Waals surface area contributed by atoms with E-state index >= 15 is 0 Å². The Kier molecular flexibility index (Phi) is 10.9. The average molecular weight is 564 g/mol. The van der Waals surface area contributed by atoms with Gasteiger partial charge in [-0.3, -0.25) is 13.9 Å². The van der Waals surface area contributed by atoms with Gasteiger partial charge in [-0.1, -0.05) is 80.9 Å². The fraction of sp³-hybridized carbons (Fsp3) is 0.375. The molecule has 1 N–H and O–H groups in total. The summed E-state index contributed by atoms with van der Waals surface area (Å²) in [4.78, 5) is 29.0. The van der Waals surface area contributed by atoms with E-state index in [-0.39, 0.29) is 23.4 Å². The first-order valence-electron chi connectivity index (χ1n) is 13.9.